The first-order chi connectivity index (χ1) is 13.5. The molecule has 0 saturated heterocycles. The first kappa shape index (κ1) is 19.1. The van der Waals surface area contributed by atoms with Crippen molar-refractivity contribution in [3.05, 3.63) is 62.2 Å². The van der Waals surface area contributed by atoms with Crippen molar-refractivity contribution in [2.75, 3.05) is 7.11 Å². The molecule has 2 heterocycles. The monoisotopic (exact) mass is 450 g/mol. The number of carbonyl (C=O) groups excluding carboxylic acids is 2. The summed E-state index contributed by atoms with van der Waals surface area (Å²) in [6.45, 7) is -0.105. The van der Waals surface area contributed by atoms with Crippen LogP contribution in [0.4, 0.5) is 0 Å². The zero-order valence-corrected chi connectivity index (χ0v) is 17.6. The molecule has 2 aromatic carbocycles. The van der Waals surface area contributed by atoms with Crippen LogP contribution in [-0.4, -0.2) is 23.6 Å². The smallest absolute Gasteiger partial charge is 0.325 e. The van der Waals surface area contributed by atoms with Crippen molar-refractivity contribution in [1.29, 1.82) is 0 Å². The Kier molecular flexibility index (Phi) is 5.25. The zero-order valence-electron chi connectivity index (χ0n) is 14.4. The van der Waals surface area contributed by atoms with Gasteiger partial charge in [-0.05, 0) is 18.2 Å². The van der Waals surface area contributed by atoms with E-state index in [0.29, 0.717) is 25.2 Å². The molecule has 9 heteroatoms. The van der Waals surface area contributed by atoms with Crippen molar-refractivity contribution in [2.45, 2.75) is 6.54 Å². The lowest BCUT2D eigenvalue weighted by Gasteiger charge is -2.04. The summed E-state index contributed by atoms with van der Waals surface area (Å²) in [4.78, 5) is 29.7. The molecule has 0 aliphatic heterocycles. The molecule has 0 atom stereocenters. The second-order valence-corrected chi connectivity index (χ2v) is 8.64. The van der Waals surface area contributed by atoms with Crippen LogP contribution in [0, 0.1) is 0 Å². The van der Waals surface area contributed by atoms with Crippen molar-refractivity contribution < 1.29 is 14.3 Å². The van der Waals surface area contributed by atoms with Gasteiger partial charge in [0.05, 0.1) is 27.4 Å². The van der Waals surface area contributed by atoms with Gasteiger partial charge in [0.1, 0.15) is 11.4 Å². The number of esters is 1. The number of para-hydroxylation sites is 1. The van der Waals surface area contributed by atoms with Gasteiger partial charge in [-0.1, -0.05) is 58.8 Å². The maximum Gasteiger partial charge on any atom is 0.325 e. The number of aromatic nitrogens is 1. The molecule has 0 N–H and O–H groups in total. The quantitative estimate of drug-likeness (QED) is 0.406. The number of hydrogen-bond acceptors (Lipinski definition) is 5. The number of rotatable bonds is 3. The molecule has 5 nitrogen and oxygen atoms in total. The van der Waals surface area contributed by atoms with E-state index in [4.69, 9.17) is 27.9 Å². The van der Waals surface area contributed by atoms with Gasteiger partial charge in [0.2, 0.25) is 0 Å². The lowest BCUT2D eigenvalue weighted by Crippen LogP contribution is -2.22. The molecule has 0 bridgehead atoms. The van der Waals surface area contributed by atoms with E-state index in [9.17, 15) is 9.59 Å². The fraction of sp³-hybridized carbons (Fsp3) is 0.105. The summed E-state index contributed by atoms with van der Waals surface area (Å²) in [5.41, 5.74) is 0.633. The second kappa shape index (κ2) is 7.67. The summed E-state index contributed by atoms with van der Waals surface area (Å²) >= 11 is 15.3. The fourth-order valence-corrected chi connectivity index (χ4v) is 5.59. The summed E-state index contributed by atoms with van der Waals surface area (Å²) in [6, 6.07) is 12.9. The second-order valence-electron chi connectivity index (χ2n) is 5.79. The molecule has 142 valence electrons. The molecule has 0 aliphatic rings. The summed E-state index contributed by atoms with van der Waals surface area (Å²) in [5.74, 6) is -0.930. The Labute approximate surface area is 177 Å². The van der Waals surface area contributed by atoms with Crippen LogP contribution in [0.1, 0.15) is 9.67 Å². The highest BCUT2D eigenvalue weighted by atomic mass is 35.5. The standard InChI is InChI=1S/C19H12Cl2N2O3S2/c1-26-14(24)9-23-16-11(20)6-4-8-13(16)28-19(23)22-18(25)17-15(21)10-5-2-3-7-12(10)27-17/h2-8H,9H2,1H3. The number of methoxy groups -OCH3 is 1. The number of nitrogens with zero attached hydrogens (tertiary/aromatic N) is 2. The zero-order chi connectivity index (χ0) is 19.8. The molecule has 4 aromatic rings. The van der Waals surface area contributed by atoms with Gasteiger partial charge in [0, 0.05) is 10.1 Å². The number of thiophene rings is 1. The van der Waals surface area contributed by atoms with Gasteiger partial charge in [0.25, 0.3) is 5.91 Å². The van der Waals surface area contributed by atoms with E-state index in [2.05, 4.69) is 4.99 Å². The predicted molar refractivity (Wildman–Crippen MR) is 114 cm³/mol. The Balaban J connectivity index is 1.89. The molecular weight excluding hydrogens is 439 g/mol. The van der Waals surface area contributed by atoms with Gasteiger partial charge in [-0.3, -0.25) is 9.59 Å². The minimum atomic E-state index is -0.465. The van der Waals surface area contributed by atoms with Crippen molar-refractivity contribution in [3.63, 3.8) is 0 Å². The van der Waals surface area contributed by atoms with Gasteiger partial charge < -0.3 is 9.30 Å². The van der Waals surface area contributed by atoms with E-state index in [-0.39, 0.29) is 6.54 Å². The summed E-state index contributed by atoms with van der Waals surface area (Å²) in [6.07, 6.45) is 0. The SMILES string of the molecule is COC(=O)Cn1c(=NC(=O)c2sc3ccccc3c2Cl)sc2cccc(Cl)c21. The first-order valence-corrected chi connectivity index (χ1v) is 10.5. The summed E-state index contributed by atoms with van der Waals surface area (Å²) in [7, 11) is 1.30. The average Bonchev–Trinajstić information content (AvgIpc) is 3.21. The number of fused-ring (bicyclic) bond motifs is 2. The van der Waals surface area contributed by atoms with Crippen LogP contribution >= 0.6 is 45.9 Å². The van der Waals surface area contributed by atoms with Crippen LogP contribution in [0.2, 0.25) is 10.0 Å². The first-order valence-electron chi connectivity index (χ1n) is 8.10. The van der Waals surface area contributed by atoms with Crippen molar-refractivity contribution in [1.82, 2.24) is 4.57 Å². The molecule has 0 unspecified atom stereocenters. The van der Waals surface area contributed by atoms with Crippen LogP contribution in [0.25, 0.3) is 20.3 Å². The highest BCUT2D eigenvalue weighted by Gasteiger charge is 2.18. The number of benzene rings is 2. The van der Waals surface area contributed by atoms with Crippen LogP contribution in [-0.2, 0) is 16.1 Å². The molecule has 2 aromatic heterocycles. The molecule has 4 rings (SSSR count). The van der Waals surface area contributed by atoms with Crippen LogP contribution in [0.5, 0.6) is 0 Å². The lowest BCUT2D eigenvalue weighted by molar-refractivity contribution is -0.141. The molecule has 0 fully saturated rings. The van der Waals surface area contributed by atoms with Crippen molar-refractivity contribution in [2.24, 2.45) is 4.99 Å². The summed E-state index contributed by atoms with van der Waals surface area (Å²) in [5, 5.41) is 1.66. The Bertz CT molecular complexity index is 1300. The van der Waals surface area contributed by atoms with E-state index < -0.39 is 11.9 Å². The number of amides is 1. The fourth-order valence-electron chi connectivity index (χ4n) is 2.80. The third-order valence-electron chi connectivity index (χ3n) is 4.09. The highest BCUT2D eigenvalue weighted by Crippen LogP contribution is 2.35. The molecular formula is C19H12Cl2N2O3S2. The number of ether oxygens (including phenoxy) is 1. The summed E-state index contributed by atoms with van der Waals surface area (Å²) < 4.78 is 8.08. The maximum atomic E-state index is 12.9. The number of halogens is 2. The Morgan fingerprint density at radius 1 is 1.07 bits per heavy atom. The van der Waals surface area contributed by atoms with E-state index in [0.717, 1.165) is 14.8 Å². The molecule has 0 saturated carbocycles. The maximum absolute atomic E-state index is 12.9. The van der Waals surface area contributed by atoms with Crippen LogP contribution in [0.3, 0.4) is 0 Å². The Hall–Kier alpha value is -2.19. The Morgan fingerprint density at radius 3 is 2.57 bits per heavy atom. The van der Waals surface area contributed by atoms with Crippen LogP contribution < -0.4 is 4.80 Å². The molecule has 0 spiro atoms. The van der Waals surface area contributed by atoms with Crippen molar-refractivity contribution >= 4 is 78.1 Å². The minimum absolute atomic E-state index is 0.105. The molecule has 0 aliphatic carbocycles. The van der Waals surface area contributed by atoms with Crippen molar-refractivity contribution in [3.8, 4) is 0 Å². The normalized spacial score (nSPS) is 12.0. The van der Waals surface area contributed by atoms with Gasteiger partial charge in [0.15, 0.2) is 4.80 Å². The number of carbonyl (C=O) groups is 2. The van der Waals surface area contributed by atoms with E-state index in [1.807, 2.05) is 30.3 Å². The van der Waals surface area contributed by atoms with Gasteiger partial charge >= 0.3 is 5.97 Å². The topological polar surface area (TPSA) is 60.7 Å². The average molecular weight is 451 g/mol. The molecule has 28 heavy (non-hydrogen) atoms. The lowest BCUT2D eigenvalue weighted by atomic mass is 10.2. The number of hydrogen-bond donors (Lipinski definition) is 0. The Morgan fingerprint density at radius 2 is 1.82 bits per heavy atom. The van der Waals surface area contributed by atoms with Gasteiger partial charge in [-0.25, -0.2) is 0 Å². The number of thiazole rings is 1. The van der Waals surface area contributed by atoms with E-state index in [1.165, 1.54) is 29.8 Å². The van der Waals surface area contributed by atoms with E-state index in [1.54, 1.807) is 16.7 Å². The predicted octanol–water partition coefficient (Wildman–Crippen LogP) is 5.14. The largest absolute Gasteiger partial charge is 0.468 e. The van der Waals surface area contributed by atoms with Gasteiger partial charge in [-0.2, -0.15) is 4.99 Å². The van der Waals surface area contributed by atoms with Crippen LogP contribution in [0.15, 0.2) is 47.5 Å². The third kappa shape index (κ3) is 3.35. The molecule has 0 radical (unpaired) electrons. The highest BCUT2D eigenvalue weighted by molar-refractivity contribution is 7.21. The van der Waals surface area contributed by atoms with Gasteiger partial charge in [-0.15, -0.1) is 11.3 Å². The molecule has 1 amide bonds. The third-order valence-corrected chi connectivity index (χ3v) is 7.11. The van der Waals surface area contributed by atoms with E-state index >= 15 is 0 Å². The minimum Gasteiger partial charge on any atom is -0.468 e.